The second-order valence-electron chi connectivity index (χ2n) is 7.03. The number of amides is 1. The fraction of sp³-hybridized carbons (Fsp3) is 0.333. The van der Waals surface area contributed by atoms with E-state index in [1.165, 1.54) is 24.3 Å². The van der Waals surface area contributed by atoms with Crippen LogP contribution in [0.15, 0.2) is 53.4 Å². The maximum absolute atomic E-state index is 12.6. The second kappa shape index (κ2) is 9.40. The van der Waals surface area contributed by atoms with Crippen LogP contribution in [0.3, 0.4) is 0 Å². The van der Waals surface area contributed by atoms with E-state index >= 15 is 0 Å². The van der Waals surface area contributed by atoms with Gasteiger partial charge in [-0.25, -0.2) is 8.42 Å². The molecule has 3 rings (SSSR count). The highest BCUT2D eigenvalue weighted by molar-refractivity contribution is 7.92. The number of hydrogen-bond donors (Lipinski definition) is 0. The van der Waals surface area contributed by atoms with Gasteiger partial charge in [-0.15, -0.1) is 0 Å². The van der Waals surface area contributed by atoms with E-state index in [0.717, 1.165) is 25.1 Å². The van der Waals surface area contributed by atoms with E-state index in [1.54, 1.807) is 17.0 Å². The first kappa shape index (κ1) is 21.3. The molecule has 0 unspecified atom stereocenters. The number of benzene rings is 2. The molecule has 0 aliphatic carbocycles. The molecule has 1 saturated heterocycles. The number of carbonyl (C=O) groups is 1. The zero-order chi connectivity index (χ0) is 20.9. The minimum atomic E-state index is -3.70. The van der Waals surface area contributed by atoms with Crippen molar-refractivity contribution in [2.24, 2.45) is 0 Å². The molecule has 1 aliphatic rings. The monoisotopic (exact) mass is 431 g/mol. The second-order valence-corrected chi connectivity index (χ2v) is 9.46. The Hall–Kier alpha value is -2.40. The standard InChI is InChI=1S/C21H22ClN3O3S/c22-19-6-8-20(9-7-19)29(27,28)16-21(26)25-11-1-10-24(12-13-25)15-18-4-2-17(14-23)3-5-18/h2-9H,1,10-13,15-16H2. The minimum absolute atomic E-state index is 0.104. The molecule has 0 bridgehead atoms. The van der Waals surface area contributed by atoms with Crippen LogP contribution in [0.25, 0.3) is 0 Å². The lowest BCUT2D eigenvalue weighted by molar-refractivity contribution is -0.128. The van der Waals surface area contributed by atoms with Gasteiger partial charge in [-0.05, 0) is 48.4 Å². The van der Waals surface area contributed by atoms with E-state index in [-0.39, 0.29) is 10.8 Å². The number of hydrogen-bond acceptors (Lipinski definition) is 5. The van der Waals surface area contributed by atoms with Gasteiger partial charge in [0.1, 0.15) is 5.75 Å². The number of nitrogens with zero attached hydrogens (tertiary/aromatic N) is 3. The van der Waals surface area contributed by atoms with E-state index in [1.807, 2.05) is 12.1 Å². The van der Waals surface area contributed by atoms with Crippen LogP contribution >= 0.6 is 11.6 Å². The summed E-state index contributed by atoms with van der Waals surface area (Å²) >= 11 is 5.81. The average Bonchev–Trinajstić information content (AvgIpc) is 2.94. The Balaban J connectivity index is 1.57. The van der Waals surface area contributed by atoms with Crippen molar-refractivity contribution in [2.45, 2.75) is 17.9 Å². The number of nitriles is 1. The molecule has 0 radical (unpaired) electrons. The maximum Gasteiger partial charge on any atom is 0.238 e. The van der Waals surface area contributed by atoms with Gasteiger partial charge in [0, 0.05) is 37.7 Å². The van der Waals surface area contributed by atoms with Gasteiger partial charge < -0.3 is 4.90 Å². The molecule has 0 aromatic heterocycles. The fourth-order valence-electron chi connectivity index (χ4n) is 3.30. The molecule has 1 heterocycles. The van der Waals surface area contributed by atoms with Crippen LogP contribution in [0.5, 0.6) is 0 Å². The summed E-state index contributed by atoms with van der Waals surface area (Å²) in [5, 5.41) is 9.34. The number of sulfone groups is 1. The Morgan fingerprint density at radius 3 is 2.34 bits per heavy atom. The molecule has 8 heteroatoms. The summed E-state index contributed by atoms with van der Waals surface area (Å²) in [7, 11) is -3.70. The van der Waals surface area contributed by atoms with Crippen LogP contribution in [0.1, 0.15) is 17.5 Å². The largest absolute Gasteiger partial charge is 0.340 e. The summed E-state index contributed by atoms with van der Waals surface area (Å²) in [4.78, 5) is 16.6. The van der Waals surface area contributed by atoms with Gasteiger partial charge in [-0.2, -0.15) is 5.26 Å². The van der Waals surface area contributed by atoms with Crippen molar-refractivity contribution in [1.29, 1.82) is 5.26 Å². The predicted molar refractivity (Wildman–Crippen MR) is 111 cm³/mol. The first-order valence-electron chi connectivity index (χ1n) is 9.35. The molecule has 0 spiro atoms. The van der Waals surface area contributed by atoms with E-state index in [2.05, 4.69) is 11.0 Å². The lowest BCUT2D eigenvalue weighted by Gasteiger charge is -2.22. The Bertz CT molecular complexity index is 999. The van der Waals surface area contributed by atoms with Gasteiger partial charge in [0.2, 0.25) is 5.91 Å². The molecule has 0 N–H and O–H groups in total. The Labute approximate surface area is 176 Å². The first-order valence-corrected chi connectivity index (χ1v) is 11.4. The van der Waals surface area contributed by atoms with Crippen molar-refractivity contribution in [3.05, 3.63) is 64.7 Å². The van der Waals surface area contributed by atoms with Gasteiger partial charge in [0.25, 0.3) is 0 Å². The molecule has 2 aromatic carbocycles. The summed E-state index contributed by atoms with van der Waals surface area (Å²) < 4.78 is 25.0. The van der Waals surface area contributed by atoms with E-state index in [4.69, 9.17) is 16.9 Å². The highest BCUT2D eigenvalue weighted by Gasteiger charge is 2.25. The van der Waals surface area contributed by atoms with Crippen LogP contribution in [-0.4, -0.2) is 56.1 Å². The number of halogens is 1. The van der Waals surface area contributed by atoms with Crippen LogP contribution in [0, 0.1) is 11.3 Å². The van der Waals surface area contributed by atoms with Crippen molar-refractivity contribution in [3.63, 3.8) is 0 Å². The molecular weight excluding hydrogens is 410 g/mol. The summed E-state index contributed by atoms with van der Waals surface area (Å²) in [6, 6.07) is 15.4. The molecule has 1 amide bonds. The third-order valence-electron chi connectivity index (χ3n) is 4.92. The van der Waals surface area contributed by atoms with Crippen molar-refractivity contribution in [1.82, 2.24) is 9.80 Å². The van der Waals surface area contributed by atoms with Gasteiger partial charge in [-0.1, -0.05) is 23.7 Å². The van der Waals surface area contributed by atoms with Crippen LogP contribution in [0.4, 0.5) is 0 Å². The molecule has 1 aliphatic heterocycles. The number of rotatable bonds is 5. The summed E-state index contributed by atoms with van der Waals surface area (Å²) in [6.45, 7) is 3.27. The van der Waals surface area contributed by atoms with Crippen molar-refractivity contribution >= 4 is 27.3 Å². The summed E-state index contributed by atoms with van der Waals surface area (Å²) in [5.74, 6) is -0.912. The molecule has 152 valence electrons. The molecule has 0 atom stereocenters. The molecular formula is C21H22ClN3O3S. The highest BCUT2D eigenvalue weighted by atomic mass is 35.5. The highest BCUT2D eigenvalue weighted by Crippen LogP contribution is 2.17. The molecule has 0 saturated carbocycles. The minimum Gasteiger partial charge on any atom is -0.340 e. The smallest absolute Gasteiger partial charge is 0.238 e. The van der Waals surface area contributed by atoms with Crippen molar-refractivity contribution < 1.29 is 13.2 Å². The fourth-order valence-corrected chi connectivity index (χ4v) is 4.65. The Morgan fingerprint density at radius 1 is 1.00 bits per heavy atom. The average molecular weight is 432 g/mol. The van der Waals surface area contributed by atoms with Gasteiger partial charge in [0.15, 0.2) is 9.84 Å². The van der Waals surface area contributed by atoms with Crippen LogP contribution in [0.2, 0.25) is 5.02 Å². The van der Waals surface area contributed by atoms with Crippen LogP contribution in [-0.2, 0) is 21.2 Å². The Morgan fingerprint density at radius 2 is 1.69 bits per heavy atom. The summed E-state index contributed by atoms with van der Waals surface area (Å²) in [6.07, 6.45) is 0.781. The predicted octanol–water partition coefficient (Wildman–Crippen LogP) is 2.72. The van der Waals surface area contributed by atoms with Crippen molar-refractivity contribution in [3.8, 4) is 6.07 Å². The van der Waals surface area contributed by atoms with Crippen molar-refractivity contribution in [2.75, 3.05) is 31.9 Å². The third kappa shape index (κ3) is 5.80. The third-order valence-corrected chi connectivity index (χ3v) is 6.79. The first-order chi connectivity index (χ1) is 13.9. The zero-order valence-corrected chi connectivity index (χ0v) is 17.5. The van der Waals surface area contributed by atoms with Gasteiger partial charge in [0.05, 0.1) is 16.5 Å². The normalized spacial score (nSPS) is 15.5. The van der Waals surface area contributed by atoms with E-state index < -0.39 is 15.6 Å². The van der Waals surface area contributed by atoms with Gasteiger partial charge >= 0.3 is 0 Å². The zero-order valence-electron chi connectivity index (χ0n) is 15.9. The SMILES string of the molecule is N#Cc1ccc(CN2CCCN(C(=O)CS(=O)(=O)c3ccc(Cl)cc3)CC2)cc1. The van der Waals surface area contributed by atoms with Gasteiger partial charge in [-0.3, -0.25) is 9.69 Å². The van der Waals surface area contributed by atoms with Crippen LogP contribution < -0.4 is 0 Å². The lowest BCUT2D eigenvalue weighted by Crippen LogP contribution is -2.38. The lowest BCUT2D eigenvalue weighted by atomic mass is 10.1. The van der Waals surface area contributed by atoms with E-state index in [9.17, 15) is 13.2 Å². The quantitative estimate of drug-likeness (QED) is 0.727. The topological polar surface area (TPSA) is 81.5 Å². The number of carbonyl (C=O) groups excluding carboxylic acids is 1. The molecule has 29 heavy (non-hydrogen) atoms. The molecule has 1 fully saturated rings. The summed E-state index contributed by atoms with van der Waals surface area (Å²) in [5.41, 5.74) is 1.73. The van der Waals surface area contributed by atoms with E-state index in [0.29, 0.717) is 30.2 Å². The Kier molecular flexibility index (Phi) is 6.91. The molecule has 6 nitrogen and oxygen atoms in total. The maximum atomic E-state index is 12.6. The molecule has 2 aromatic rings.